The lowest BCUT2D eigenvalue weighted by Crippen LogP contribution is -2.46. The molecule has 0 amide bonds. The summed E-state index contributed by atoms with van der Waals surface area (Å²) in [6, 6.07) is 9.02. The van der Waals surface area contributed by atoms with Crippen molar-refractivity contribution in [2.24, 2.45) is 0 Å². The van der Waals surface area contributed by atoms with E-state index < -0.39 is 0 Å². The van der Waals surface area contributed by atoms with Crippen LogP contribution in [-0.2, 0) is 10.8 Å². The first-order valence-corrected chi connectivity index (χ1v) is 8.27. The molecule has 3 aliphatic carbocycles. The third-order valence-corrected chi connectivity index (χ3v) is 6.30. The molecule has 3 heteroatoms. The van der Waals surface area contributed by atoms with Gasteiger partial charge in [0, 0.05) is 21.8 Å². The molecule has 2 aromatic rings. The van der Waals surface area contributed by atoms with Crippen LogP contribution in [0, 0.1) is 0 Å². The Morgan fingerprint density at radius 3 is 2.05 bits per heavy atom. The standard InChI is InChI=1S/C17H19BrN2/c18-14-3-1-13(2-4-14)16-5-8-17(9-6-16,10-7-16)15-11-19-12-20-15/h1-4,11-12H,5-10H2,(H,19,20). The highest BCUT2D eigenvalue weighted by Gasteiger charge is 2.50. The van der Waals surface area contributed by atoms with Gasteiger partial charge < -0.3 is 4.98 Å². The van der Waals surface area contributed by atoms with Crippen LogP contribution in [0.15, 0.2) is 41.3 Å². The molecule has 3 aliphatic rings. The maximum atomic E-state index is 4.23. The molecular weight excluding hydrogens is 312 g/mol. The maximum absolute atomic E-state index is 4.23. The van der Waals surface area contributed by atoms with Gasteiger partial charge in [-0.15, -0.1) is 0 Å². The Bertz CT molecular complexity index is 576. The molecule has 1 heterocycles. The van der Waals surface area contributed by atoms with E-state index >= 15 is 0 Å². The van der Waals surface area contributed by atoms with Gasteiger partial charge in [0.05, 0.1) is 6.33 Å². The van der Waals surface area contributed by atoms with E-state index in [1.54, 1.807) is 5.56 Å². The van der Waals surface area contributed by atoms with Crippen molar-refractivity contribution in [3.8, 4) is 0 Å². The molecule has 5 rings (SSSR count). The number of benzene rings is 1. The normalized spacial score (nSPS) is 32.5. The highest BCUT2D eigenvalue weighted by Crippen LogP contribution is 2.58. The van der Waals surface area contributed by atoms with Gasteiger partial charge in [-0.05, 0) is 61.6 Å². The van der Waals surface area contributed by atoms with Gasteiger partial charge in [-0.3, -0.25) is 0 Å². The molecule has 3 fully saturated rings. The van der Waals surface area contributed by atoms with E-state index in [1.807, 2.05) is 12.5 Å². The van der Waals surface area contributed by atoms with Crippen LogP contribution in [-0.4, -0.2) is 9.97 Å². The minimum absolute atomic E-state index is 0.383. The minimum atomic E-state index is 0.383. The van der Waals surface area contributed by atoms with Gasteiger partial charge in [0.1, 0.15) is 0 Å². The number of hydrogen-bond acceptors (Lipinski definition) is 1. The van der Waals surface area contributed by atoms with Crippen molar-refractivity contribution in [2.45, 2.75) is 49.4 Å². The highest BCUT2D eigenvalue weighted by atomic mass is 79.9. The lowest BCUT2D eigenvalue weighted by molar-refractivity contribution is 0.0990. The van der Waals surface area contributed by atoms with Gasteiger partial charge in [0.2, 0.25) is 0 Å². The van der Waals surface area contributed by atoms with Crippen molar-refractivity contribution in [3.05, 3.63) is 52.5 Å². The molecule has 2 nitrogen and oxygen atoms in total. The fraction of sp³-hybridized carbons (Fsp3) is 0.471. The Hall–Kier alpha value is -1.09. The number of halogens is 1. The third kappa shape index (κ3) is 1.79. The van der Waals surface area contributed by atoms with Crippen LogP contribution < -0.4 is 0 Å². The topological polar surface area (TPSA) is 28.7 Å². The number of rotatable bonds is 2. The Morgan fingerprint density at radius 2 is 1.50 bits per heavy atom. The number of nitrogens with zero attached hydrogens (tertiary/aromatic N) is 1. The predicted molar refractivity (Wildman–Crippen MR) is 83.8 cm³/mol. The average Bonchev–Trinajstić information content (AvgIpc) is 3.05. The number of hydrogen-bond donors (Lipinski definition) is 1. The molecule has 0 radical (unpaired) electrons. The summed E-state index contributed by atoms with van der Waals surface area (Å²) < 4.78 is 1.18. The summed E-state index contributed by atoms with van der Waals surface area (Å²) in [7, 11) is 0. The first kappa shape index (κ1) is 12.6. The predicted octanol–water partition coefficient (Wildman–Crippen LogP) is 4.72. The van der Waals surface area contributed by atoms with Crippen molar-refractivity contribution < 1.29 is 0 Å². The zero-order valence-electron chi connectivity index (χ0n) is 11.5. The first-order valence-electron chi connectivity index (χ1n) is 7.48. The fourth-order valence-electron chi connectivity index (χ4n) is 4.37. The molecule has 0 spiro atoms. The van der Waals surface area contributed by atoms with Crippen molar-refractivity contribution in [1.82, 2.24) is 9.97 Å². The zero-order valence-corrected chi connectivity index (χ0v) is 13.1. The SMILES string of the molecule is Brc1ccc(C23CCC(c4cnc[nH]4)(CC2)CC3)cc1. The summed E-state index contributed by atoms with van der Waals surface area (Å²) >= 11 is 3.54. The molecule has 104 valence electrons. The first-order chi connectivity index (χ1) is 9.73. The molecule has 3 saturated carbocycles. The molecule has 2 bridgehead atoms. The number of H-pyrrole nitrogens is 1. The second kappa shape index (κ2) is 4.45. The number of fused-ring (bicyclic) bond motifs is 3. The lowest BCUT2D eigenvalue weighted by Gasteiger charge is -2.53. The minimum Gasteiger partial charge on any atom is -0.348 e. The Labute approximate surface area is 128 Å². The van der Waals surface area contributed by atoms with E-state index in [0.717, 1.165) is 0 Å². The summed E-state index contributed by atoms with van der Waals surface area (Å²) in [5.74, 6) is 0. The molecular formula is C17H19BrN2. The second-order valence-corrected chi connectivity index (χ2v) is 7.45. The number of aromatic nitrogens is 2. The molecule has 1 N–H and O–H groups in total. The van der Waals surface area contributed by atoms with E-state index in [4.69, 9.17) is 0 Å². The van der Waals surface area contributed by atoms with E-state index in [9.17, 15) is 0 Å². The Morgan fingerprint density at radius 1 is 0.900 bits per heavy atom. The molecule has 0 atom stereocenters. The average molecular weight is 331 g/mol. The molecule has 1 aromatic heterocycles. The molecule has 0 unspecified atom stereocenters. The quantitative estimate of drug-likeness (QED) is 0.848. The summed E-state index contributed by atoms with van der Waals surface area (Å²) in [6.07, 6.45) is 11.7. The highest BCUT2D eigenvalue weighted by molar-refractivity contribution is 9.10. The smallest absolute Gasteiger partial charge is 0.0921 e. The monoisotopic (exact) mass is 330 g/mol. The van der Waals surface area contributed by atoms with Crippen LogP contribution in [0.2, 0.25) is 0 Å². The van der Waals surface area contributed by atoms with E-state index in [2.05, 4.69) is 50.2 Å². The Balaban J connectivity index is 1.63. The van der Waals surface area contributed by atoms with E-state index in [1.165, 1.54) is 48.7 Å². The van der Waals surface area contributed by atoms with E-state index in [0.29, 0.717) is 10.8 Å². The van der Waals surface area contributed by atoms with Gasteiger partial charge >= 0.3 is 0 Å². The summed E-state index contributed by atoms with van der Waals surface area (Å²) in [6.45, 7) is 0. The van der Waals surface area contributed by atoms with Gasteiger partial charge in [-0.2, -0.15) is 0 Å². The molecule has 1 aromatic carbocycles. The van der Waals surface area contributed by atoms with Crippen molar-refractivity contribution in [2.75, 3.05) is 0 Å². The number of nitrogens with one attached hydrogen (secondary N) is 1. The van der Waals surface area contributed by atoms with Crippen LogP contribution in [0.4, 0.5) is 0 Å². The molecule has 0 saturated heterocycles. The zero-order chi connectivity index (χ0) is 13.6. The van der Waals surface area contributed by atoms with E-state index in [-0.39, 0.29) is 0 Å². The summed E-state index contributed by atoms with van der Waals surface area (Å²) in [4.78, 5) is 7.60. The largest absolute Gasteiger partial charge is 0.348 e. The number of imidazole rings is 1. The summed E-state index contributed by atoms with van der Waals surface area (Å²) in [5.41, 5.74) is 3.72. The van der Waals surface area contributed by atoms with Gasteiger partial charge in [-0.1, -0.05) is 28.1 Å². The molecule has 0 aliphatic heterocycles. The van der Waals surface area contributed by atoms with Gasteiger partial charge in [0.15, 0.2) is 0 Å². The van der Waals surface area contributed by atoms with Crippen molar-refractivity contribution >= 4 is 15.9 Å². The van der Waals surface area contributed by atoms with Crippen LogP contribution in [0.25, 0.3) is 0 Å². The third-order valence-electron chi connectivity index (χ3n) is 5.77. The fourth-order valence-corrected chi connectivity index (χ4v) is 4.64. The second-order valence-electron chi connectivity index (χ2n) is 6.53. The lowest BCUT2D eigenvalue weighted by atomic mass is 9.51. The van der Waals surface area contributed by atoms with Gasteiger partial charge in [-0.25, -0.2) is 4.98 Å². The van der Waals surface area contributed by atoms with Crippen molar-refractivity contribution in [3.63, 3.8) is 0 Å². The maximum Gasteiger partial charge on any atom is 0.0921 e. The van der Waals surface area contributed by atoms with Crippen LogP contribution >= 0.6 is 15.9 Å². The number of aromatic amines is 1. The van der Waals surface area contributed by atoms with Crippen LogP contribution in [0.5, 0.6) is 0 Å². The molecule has 20 heavy (non-hydrogen) atoms. The summed E-state index contributed by atoms with van der Waals surface area (Å²) in [5, 5.41) is 0. The van der Waals surface area contributed by atoms with Crippen LogP contribution in [0.1, 0.15) is 49.8 Å². The van der Waals surface area contributed by atoms with Gasteiger partial charge in [0.25, 0.3) is 0 Å². The van der Waals surface area contributed by atoms with Crippen molar-refractivity contribution in [1.29, 1.82) is 0 Å². The Kier molecular flexibility index (Phi) is 2.81. The van der Waals surface area contributed by atoms with Crippen LogP contribution in [0.3, 0.4) is 0 Å².